The van der Waals surface area contributed by atoms with E-state index < -0.39 is 0 Å². The van der Waals surface area contributed by atoms with Crippen molar-refractivity contribution in [1.29, 1.82) is 0 Å². The Bertz CT molecular complexity index is 975. The van der Waals surface area contributed by atoms with E-state index in [9.17, 15) is 4.79 Å². The molecule has 1 N–H and O–H groups in total. The number of hydrogen-bond acceptors (Lipinski definition) is 4. The number of carbonyl (C=O) groups excluding carboxylic acids is 1. The number of nitrogens with zero attached hydrogens (tertiary/aromatic N) is 1. The Balaban J connectivity index is 1.48. The molecular weight excluding hydrogens is 428 g/mol. The van der Waals surface area contributed by atoms with Gasteiger partial charge < -0.3 is 15.0 Å². The summed E-state index contributed by atoms with van der Waals surface area (Å²) in [7, 11) is 4.13. The van der Waals surface area contributed by atoms with E-state index in [0.29, 0.717) is 18.7 Å². The molecule has 0 aliphatic rings. The summed E-state index contributed by atoms with van der Waals surface area (Å²) in [5.41, 5.74) is 4.34. The summed E-state index contributed by atoms with van der Waals surface area (Å²) in [5, 5.41) is 3.02. The van der Waals surface area contributed by atoms with E-state index in [1.807, 2.05) is 66.4 Å². The van der Waals surface area contributed by atoms with E-state index in [-0.39, 0.29) is 5.91 Å². The lowest BCUT2D eigenvalue weighted by atomic mass is 9.99. The second-order valence-corrected chi connectivity index (χ2v) is 9.32. The Morgan fingerprint density at radius 1 is 0.909 bits per heavy atom. The van der Waals surface area contributed by atoms with Crippen LogP contribution in [-0.4, -0.2) is 50.4 Å². The van der Waals surface area contributed by atoms with E-state index in [1.54, 1.807) is 0 Å². The summed E-state index contributed by atoms with van der Waals surface area (Å²) in [4.78, 5) is 14.6. The minimum Gasteiger partial charge on any atom is -0.493 e. The van der Waals surface area contributed by atoms with Gasteiger partial charge in [0.2, 0.25) is 0 Å². The molecule has 4 nitrogen and oxygen atoms in total. The third kappa shape index (κ3) is 8.60. The van der Waals surface area contributed by atoms with Crippen LogP contribution in [0.1, 0.15) is 28.8 Å². The zero-order chi connectivity index (χ0) is 23.3. The van der Waals surface area contributed by atoms with Crippen LogP contribution in [0.5, 0.6) is 5.75 Å². The van der Waals surface area contributed by atoms with Crippen molar-refractivity contribution in [3.63, 3.8) is 0 Å². The van der Waals surface area contributed by atoms with E-state index in [1.165, 1.54) is 11.1 Å². The van der Waals surface area contributed by atoms with E-state index in [0.717, 1.165) is 42.2 Å². The van der Waals surface area contributed by atoms with Gasteiger partial charge in [-0.15, -0.1) is 0 Å². The first-order valence-corrected chi connectivity index (χ1v) is 12.7. The third-order valence-corrected chi connectivity index (χ3v) is 6.26. The van der Waals surface area contributed by atoms with E-state index in [2.05, 4.69) is 48.6 Å². The Hall–Kier alpha value is -2.76. The van der Waals surface area contributed by atoms with Crippen molar-refractivity contribution < 1.29 is 9.53 Å². The number of carbonyl (C=O) groups is 1. The molecule has 0 fully saturated rings. The Labute approximate surface area is 202 Å². The van der Waals surface area contributed by atoms with Gasteiger partial charge >= 0.3 is 0 Å². The van der Waals surface area contributed by atoms with Gasteiger partial charge in [0.15, 0.2) is 0 Å². The summed E-state index contributed by atoms with van der Waals surface area (Å²) >= 11 is 1.87. The number of ether oxygens (including phenoxy) is 1. The van der Waals surface area contributed by atoms with Crippen LogP contribution in [-0.2, 0) is 5.75 Å². The SMILES string of the molecule is CN(C)CCCCNC(=O)c1ccc(-c2ccccc2CSCCOc2ccccc2)cc1. The quantitative estimate of drug-likeness (QED) is 0.329. The topological polar surface area (TPSA) is 41.6 Å². The molecule has 0 saturated carbocycles. The van der Waals surface area contributed by atoms with Crippen LogP contribution in [0.15, 0.2) is 78.9 Å². The van der Waals surface area contributed by atoms with Crippen molar-refractivity contribution in [3.8, 4) is 16.9 Å². The maximum Gasteiger partial charge on any atom is 0.251 e. The van der Waals surface area contributed by atoms with E-state index in [4.69, 9.17) is 4.74 Å². The molecule has 3 aromatic carbocycles. The van der Waals surface area contributed by atoms with Gasteiger partial charge in [-0.25, -0.2) is 0 Å². The normalized spacial score (nSPS) is 10.9. The van der Waals surface area contributed by atoms with Crippen molar-refractivity contribution in [3.05, 3.63) is 90.0 Å². The molecule has 0 radical (unpaired) electrons. The second-order valence-electron chi connectivity index (χ2n) is 8.21. The molecule has 0 aromatic heterocycles. The summed E-state index contributed by atoms with van der Waals surface area (Å²) in [5.74, 6) is 2.75. The average molecular weight is 463 g/mol. The predicted molar refractivity (Wildman–Crippen MR) is 140 cm³/mol. The third-order valence-electron chi connectivity index (χ3n) is 5.29. The van der Waals surface area contributed by atoms with Gasteiger partial charge in [-0.1, -0.05) is 54.6 Å². The first-order chi connectivity index (χ1) is 16.1. The molecule has 1 amide bonds. The molecule has 174 valence electrons. The number of nitrogens with one attached hydrogen (secondary N) is 1. The maximum absolute atomic E-state index is 12.4. The van der Waals surface area contributed by atoms with Crippen LogP contribution < -0.4 is 10.1 Å². The second kappa shape index (κ2) is 13.7. The summed E-state index contributed by atoms with van der Waals surface area (Å²) in [6.07, 6.45) is 2.07. The molecule has 0 aliphatic heterocycles. The highest BCUT2D eigenvalue weighted by Gasteiger charge is 2.08. The van der Waals surface area contributed by atoms with Crippen molar-refractivity contribution >= 4 is 17.7 Å². The van der Waals surface area contributed by atoms with Crippen LogP contribution >= 0.6 is 11.8 Å². The number of hydrogen-bond donors (Lipinski definition) is 1. The van der Waals surface area contributed by atoms with Crippen molar-refractivity contribution in [1.82, 2.24) is 10.2 Å². The smallest absolute Gasteiger partial charge is 0.251 e. The van der Waals surface area contributed by atoms with Crippen molar-refractivity contribution in [2.45, 2.75) is 18.6 Å². The highest BCUT2D eigenvalue weighted by molar-refractivity contribution is 7.98. The fourth-order valence-electron chi connectivity index (χ4n) is 3.50. The maximum atomic E-state index is 12.4. The largest absolute Gasteiger partial charge is 0.493 e. The van der Waals surface area contributed by atoms with Gasteiger partial charge in [-0.05, 0) is 74.4 Å². The highest BCUT2D eigenvalue weighted by Crippen LogP contribution is 2.27. The molecule has 0 unspecified atom stereocenters. The van der Waals surface area contributed by atoms with Crippen molar-refractivity contribution in [2.24, 2.45) is 0 Å². The number of amides is 1. The summed E-state index contributed by atoms with van der Waals surface area (Å²) in [6, 6.07) is 26.3. The van der Waals surface area contributed by atoms with E-state index >= 15 is 0 Å². The molecule has 3 aromatic rings. The van der Waals surface area contributed by atoms with Crippen LogP contribution in [0.25, 0.3) is 11.1 Å². The zero-order valence-electron chi connectivity index (χ0n) is 19.6. The van der Waals surface area contributed by atoms with Gasteiger partial charge in [-0.2, -0.15) is 11.8 Å². The first-order valence-electron chi connectivity index (χ1n) is 11.5. The Morgan fingerprint density at radius 3 is 2.39 bits per heavy atom. The Morgan fingerprint density at radius 2 is 1.64 bits per heavy atom. The molecule has 0 bridgehead atoms. The lowest BCUT2D eigenvalue weighted by molar-refractivity contribution is 0.0953. The van der Waals surface area contributed by atoms with Crippen molar-refractivity contribution in [2.75, 3.05) is 39.5 Å². The average Bonchev–Trinajstić information content (AvgIpc) is 2.84. The van der Waals surface area contributed by atoms with Crippen LogP contribution in [0, 0.1) is 0 Å². The van der Waals surface area contributed by atoms with Crippen LogP contribution in [0.3, 0.4) is 0 Å². The molecule has 5 heteroatoms. The summed E-state index contributed by atoms with van der Waals surface area (Å²) < 4.78 is 5.79. The molecule has 33 heavy (non-hydrogen) atoms. The molecule has 0 atom stereocenters. The zero-order valence-corrected chi connectivity index (χ0v) is 20.4. The molecule has 0 aliphatic carbocycles. The fraction of sp³-hybridized carbons (Fsp3) is 0.321. The van der Waals surface area contributed by atoms with Crippen LogP contribution in [0.4, 0.5) is 0 Å². The number of benzene rings is 3. The predicted octanol–water partition coefficient (Wildman–Crippen LogP) is 5.74. The molecule has 0 spiro atoms. The standard InChI is InChI=1S/C28H34N2O2S/c1-30(2)19-9-8-18-29-28(31)24-16-14-23(15-17-24)27-13-7-6-10-25(27)22-33-21-20-32-26-11-4-3-5-12-26/h3-7,10-17H,8-9,18-22H2,1-2H3,(H,29,31). The molecule has 0 saturated heterocycles. The monoisotopic (exact) mass is 462 g/mol. The van der Waals surface area contributed by atoms with Gasteiger partial charge in [0, 0.05) is 23.6 Å². The number of thioether (sulfide) groups is 1. The minimum absolute atomic E-state index is 0.00587. The summed E-state index contributed by atoms with van der Waals surface area (Å²) in [6.45, 7) is 2.45. The lowest BCUT2D eigenvalue weighted by Crippen LogP contribution is -2.25. The Kier molecular flexibility index (Phi) is 10.3. The molecule has 3 rings (SSSR count). The molecule has 0 heterocycles. The first kappa shape index (κ1) is 24.9. The van der Waals surface area contributed by atoms with Gasteiger partial charge in [0.05, 0.1) is 6.61 Å². The van der Waals surface area contributed by atoms with Gasteiger partial charge in [0.25, 0.3) is 5.91 Å². The fourth-order valence-corrected chi connectivity index (χ4v) is 4.32. The lowest BCUT2D eigenvalue weighted by Gasteiger charge is -2.11. The number of unbranched alkanes of at least 4 members (excludes halogenated alkanes) is 1. The highest BCUT2D eigenvalue weighted by atomic mass is 32.2. The van der Waals surface area contributed by atoms with Gasteiger partial charge in [0.1, 0.15) is 5.75 Å². The minimum atomic E-state index is -0.00587. The van der Waals surface area contributed by atoms with Gasteiger partial charge in [-0.3, -0.25) is 4.79 Å². The van der Waals surface area contributed by atoms with Crippen LogP contribution in [0.2, 0.25) is 0 Å². The molecular formula is C28H34N2O2S. The number of rotatable bonds is 13. The number of para-hydroxylation sites is 1.